The first-order valence-electron chi connectivity index (χ1n) is 5.69. The molecule has 0 fully saturated rings. The van der Waals surface area contributed by atoms with Gasteiger partial charge < -0.3 is 10.0 Å². The topological polar surface area (TPSA) is 40.5 Å². The van der Waals surface area contributed by atoms with E-state index in [4.69, 9.17) is 5.11 Å². The number of amides is 1. The summed E-state index contributed by atoms with van der Waals surface area (Å²) in [4.78, 5) is 13.3. The number of carbonyl (C=O) groups excluding carboxylic acids is 1. The summed E-state index contributed by atoms with van der Waals surface area (Å²) in [5.41, 5.74) is 0.00200. The van der Waals surface area contributed by atoms with Gasteiger partial charge in [0.25, 0.3) is 0 Å². The molecule has 0 unspecified atom stereocenters. The Morgan fingerprint density at radius 1 is 1.50 bits per heavy atom. The fourth-order valence-electron chi connectivity index (χ4n) is 1.29. The van der Waals surface area contributed by atoms with Gasteiger partial charge in [-0.1, -0.05) is 12.1 Å². The van der Waals surface area contributed by atoms with Crippen LogP contribution in [-0.4, -0.2) is 35.1 Å². The van der Waals surface area contributed by atoms with Crippen molar-refractivity contribution in [1.29, 1.82) is 0 Å². The van der Waals surface area contributed by atoms with E-state index < -0.39 is 5.54 Å². The Balaban J connectivity index is 2.76. The van der Waals surface area contributed by atoms with E-state index in [9.17, 15) is 9.18 Å². The van der Waals surface area contributed by atoms with Gasteiger partial charge in [-0.3, -0.25) is 4.79 Å². The van der Waals surface area contributed by atoms with Gasteiger partial charge in [-0.2, -0.15) is 0 Å². The van der Waals surface area contributed by atoms with Gasteiger partial charge in [-0.25, -0.2) is 4.39 Å². The average Bonchev–Trinajstić information content (AvgIpc) is 2.35. The molecule has 1 aromatic rings. The van der Waals surface area contributed by atoms with Crippen LogP contribution in [0.15, 0.2) is 30.3 Å². The molecule has 0 heterocycles. The summed E-state index contributed by atoms with van der Waals surface area (Å²) in [6, 6.07) is 5.99. The zero-order valence-electron chi connectivity index (χ0n) is 10.9. The summed E-state index contributed by atoms with van der Waals surface area (Å²) in [6.07, 6.45) is 2.92. The van der Waals surface area contributed by atoms with E-state index in [1.165, 1.54) is 23.1 Å². The Labute approximate surface area is 107 Å². The number of nitrogens with zero attached hydrogens (tertiary/aromatic N) is 1. The molecule has 0 saturated carbocycles. The third-order valence-corrected chi connectivity index (χ3v) is 2.89. The van der Waals surface area contributed by atoms with Crippen LogP contribution >= 0.6 is 0 Å². The van der Waals surface area contributed by atoms with E-state index in [-0.39, 0.29) is 18.3 Å². The van der Waals surface area contributed by atoms with Crippen molar-refractivity contribution in [2.24, 2.45) is 0 Å². The van der Waals surface area contributed by atoms with Crippen LogP contribution < -0.4 is 0 Å². The normalized spacial score (nSPS) is 11.8. The van der Waals surface area contributed by atoms with Crippen molar-refractivity contribution in [1.82, 2.24) is 4.90 Å². The van der Waals surface area contributed by atoms with E-state index in [0.717, 1.165) is 0 Å². The summed E-state index contributed by atoms with van der Waals surface area (Å²) in [7, 11) is 1.62. The van der Waals surface area contributed by atoms with Gasteiger partial charge in [-0.15, -0.1) is 0 Å². The smallest absolute Gasteiger partial charge is 0.246 e. The second kappa shape index (κ2) is 5.78. The van der Waals surface area contributed by atoms with E-state index in [2.05, 4.69) is 0 Å². The van der Waals surface area contributed by atoms with Crippen LogP contribution in [0, 0.1) is 5.82 Å². The molecule has 0 atom stereocenters. The first-order valence-corrected chi connectivity index (χ1v) is 5.69. The second-order valence-electron chi connectivity index (χ2n) is 4.76. The maximum atomic E-state index is 12.9. The molecule has 0 aliphatic heterocycles. The minimum Gasteiger partial charge on any atom is -0.394 e. The number of rotatable bonds is 4. The SMILES string of the molecule is CN(C(=O)/C=C/c1cccc(F)c1)C(C)(C)CO. The third kappa shape index (κ3) is 3.67. The van der Waals surface area contributed by atoms with E-state index >= 15 is 0 Å². The molecule has 1 amide bonds. The molecule has 98 valence electrons. The quantitative estimate of drug-likeness (QED) is 0.832. The highest BCUT2D eigenvalue weighted by Crippen LogP contribution is 2.12. The zero-order chi connectivity index (χ0) is 13.8. The Hall–Kier alpha value is -1.68. The van der Waals surface area contributed by atoms with Crippen LogP contribution in [0.4, 0.5) is 4.39 Å². The lowest BCUT2D eigenvalue weighted by Crippen LogP contribution is -2.47. The van der Waals surface area contributed by atoms with Gasteiger partial charge in [0.15, 0.2) is 0 Å². The van der Waals surface area contributed by atoms with E-state index in [1.807, 2.05) is 0 Å². The fourth-order valence-corrected chi connectivity index (χ4v) is 1.29. The molecule has 0 bridgehead atoms. The first-order chi connectivity index (χ1) is 8.36. The number of benzene rings is 1. The molecule has 0 saturated heterocycles. The number of aliphatic hydroxyl groups excluding tert-OH is 1. The molecule has 0 radical (unpaired) electrons. The predicted octanol–water partition coefficient (Wildman–Crippen LogP) is 2.07. The van der Waals surface area contributed by atoms with Crippen molar-refractivity contribution in [2.45, 2.75) is 19.4 Å². The standard InChI is InChI=1S/C14H18FNO2/c1-14(2,10-17)16(3)13(18)8-7-11-5-4-6-12(15)9-11/h4-9,17H,10H2,1-3H3/b8-7+. The Morgan fingerprint density at radius 2 is 2.17 bits per heavy atom. The zero-order valence-corrected chi connectivity index (χ0v) is 10.9. The van der Waals surface area contributed by atoms with Crippen LogP contribution in [0.1, 0.15) is 19.4 Å². The lowest BCUT2D eigenvalue weighted by atomic mass is 10.1. The van der Waals surface area contributed by atoms with Gasteiger partial charge >= 0.3 is 0 Å². The predicted molar refractivity (Wildman–Crippen MR) is 69.4 cm³/mol. The lowest BCUT2D eigenvalue weighted by molar-refractivity contribution is -0.130. The molecular formula is C14H18FNO2. The number of aliphatic hydroxyl groups is 1. The molecule has 1 aromatic carbocycles. The molecule has 3 nitrogen and oxygen atoms in total. The van der Waals surface area contributed by atoms with Gasteiger partial charge in [0, 0.05) is 13.1 Å². The highest BCUT2D eigenvalue weighted by atomic mass is 19.1. The highest BCUT2D eigenvalue weighted by molar-refractivity contribution is 5.92. The van der Waals surface area contributed by atoms with Crippen LogP contribution in [-0.2, 0) is 4.79 Å². The summed E-state index contributed by atoms with van der Waals surface area (Å²) < 4.78 is 12.9. The molecule has 1 N–H and O–H groups in total. The molecule has 0 aromatic heterocycles. The Morgan fingerprint density at radius 3 is 2.72 bits per heavy atom. The monoisotopic (exact) mass is 251 g/mol. The fraction of sp³-hybridized carbons (Fsp3) is 0.357. The minimum atomic E-state index is -0.622. The van der Waals surface area contributed by atoms with Gasteiger partial charge in [0.05, 0.1) is 12.1 Å². The van der Waals surface area contributed by atoms with Crippen molar-refractivity contribution in [3.05, 3.63) is 41.7 Å². The molecular weight excluding hydrogens is 233 g/mol. The average molecular weight is 251 g/mol. The summed E-state index contributed by atoms with van der Waals surface area (Å²) in [5.74, 6) is -0.577. The number of likely N-dealkylation sites (N-methyl/N-ethyl adjacent to an activating group) is 1. The second-order valence-corrected chi connectivity index (χ2v) is 4.76. The van der Waals surface area contributed by atoms with E-state index in [1.54, 1.807) is 39.1 Å². The van der Waals surface area contributed by atoms with Crippen molar-refractivity contribution in [3.8, 4) is 0 Å². The number of hydrogen-bond donors (Lipinski definition) is 1. The molecule has 0 aliphatic carbocycles. The third-order valence-electron chi connectivity index (χ3n) is 2.89. The summed E-state index contributed by atoms with van der Waals surface area (Å²) >= 11 is 0. The van der Waals surface area contributed by atoms with Crippen molar-refractivity contribution < 1.29 is 14.3 Å². The number of hydrogen-bond acceptors (Lipinski definition) is 2. The minimum absolute atomic E-state index is 0.122. The molecule has 0 aliphatic rings. The van der Waals surface area contributed by atoms with Crippen LogP contribution in [0.25, 0.3) is 6.08 Å². The Kier molecular flexibility index (Phi) is 4.62. The molecule has 4 heteroatoms. The van der Waals surface area contributed by atoms with Gasteiger partial charge in [-0.05, 0) is 37.6 Å². The van der Waals surface area contributed by atoms with Crippen LogP contribution in [0.2, 0.25) is 0 Å². The highest BCUT2D eigenvalue weighted by Gasteiger charge is 2.25. The number of halogens is 1. The van der Waals surface area contributed by atoms with Crippen LogP contribution in [0.3, 0.4) is 0 Å². The van der Waals surface area contributed by atoms with Gasteiger partial charge in [0.2, 0.25) is 5.91 Å². The lowest BCUT2D eigenvalue weighted by Gasteiger charge is -2.33. The van der Waals surface area contributed by atoms with Gasteiger partial charge in [0.1, 0.15) is 5.82 Å². The maximum Gasteiger partial charge on any atom is 0.246 e. The summed E-state index contributed by atoms with van der Waals surface area (Å²) in [6.45, 7) is 3.41. The first kappa shape index (κ1) is 14.4. The van der Waals surface area contributed by atoms with E-state index in [0.29, 0.717) is 5.56 Å². The Bertz CT molecular complexity index is 455. The van der Waals surface area contributed by atoms with Crippen LogP contribution in [0.5, 0.6) is 0 Å². The molecule has 0 spiro atoms. The summed E-state index contributed by atoms with van der Waals surface area (Å²) in [5, 5.41) is 9.17. The molecule has 18 heavy (non-hydrogen) atoms. The van der Waals surface area contributed by atoms with Crippen molar-refractivity contribution in [3.63, 3.8) is 0 Å². The number of carbonyl (C=O) groups is 1. The maximum absolute atomic E-state index is 12.9. The van der Waals surface area contributed by atoms with Crippen molar-refractivity contribution >= 4 is 12.0 Å². The molecule has 1 rings (SSSR count). The largest absolute Gasteiger partial charge is 0.394 e. The van der Waals surface area contributed by atoms with Crippen molar-refractivity contribution in [2.75, 3.05) is 13.7 Å².